The van der Waals surface area contributed by atoms with Gasteiger partial charge in [0.05, 0.1) is 22.6 Å². The van der Waals surface area contributed by atoms with Crippen LogP contribution in [0.25, 0.3) is 5.69 Å². The maximum absolute atomic E-state index is 12.3. The van der Waals surface area contributed by atoms with Gasteiger partial charge < -0.3 is 0 Å². The fourth-order valence-electron chi connectivity index (χ4n) is 2.15. The first-order valence-electron chi connectivity index (χ1n) is 7.46. The number of carbonyl (C=O) groups excluding carboxylic acids is 1. The van der Waals surface area contributed by atoms with Gasteiger partial charge in [-0.1, -0.05) is 30.7 Å². The summed E-state index contributed by atoms with van der Waals surface area (Å²) in [5, 5.41) is 4.82. The molecule has 0 aliphatic heterocycles. The molecule has 0 aliphatic carbocycles. The minimum absolute atomic E-state index is 0.0484. The molecule has 2 N–H and O–H groups in total. The molecule has 0 fully saturated rings. The van der Waals surface area contributed by atoms with E-state index in [1.807, 2.05) is 25.1 Å². The molecule has 9 heteroatoms. The molecular weight excluding hydrogens is 408 g/mol. The predicted molar refractivity (Wildman–Crippen MR) is 98.8 cm³/mol. The van der Waals surface area contributed by atoms with Crippen LogP contribution in [0.15, 0.2) is 47.2 Å². The molecule has 3 rings (SSSR count). The molecule has 2 aromatic heterocycles. The predicted octanol–water partition coefficient (Wildman–Crippen LogP) is 3.40. The summed E-state index contributed by atoms with van der Waals surface area (Å²) in [6.07, 6.45) is 3.83. The highest BCUT2D eigenvalue weighted by atomic mass is 79.9. The van der Waals surface area contributed by atoms with Crippen LogP contribution in [-0.4, -0.2) is 25.7 Å². The zero-order chi connectivity index (χ0) is 17.8. The summed E-state index contributed by atoms with van der Waals surface area (Å²) < 4.78 is 2.37. The third kappa shape index (κ3) is 3.97. The van der Waals surface area contributed by atoms with Crippen molar-refractivity contribution in [2.45, 2.75) is 13.3 Å². The van der Waals surface area contributed by atoms with Crippen LogP contribution in [0.2, 0.25) is 5.02 Å². The first-order valence-corrected chi connectivity index (χ1v) is 8.63. The molecule has 0 unspecified atom stereocenters. The highest BCUT2D eigenvalue weighted by Gasteiger charge is 2.17. The van der Waals surface area contributed by atoms with E-state index in [1.54, 1.807) is 29.2 Å². The lowest BCUT2D eigenvalue weighted by Crippen LogP contribution is -2.30. The van der Waals surface area contributed by atoms with E-state index in [2.05, 4.69) is 41.8 Å². The van der Waals surface area contributed by atoms with Crippen molar-refractivity contribution < 1.29 is 4.79 Å². The number of nitrogens with one attached hydrogen (secondary N) is 2. The Kier molecular flexibility index (Phi) is 5.30. The number of aromatic nitrogens is 4. The molecule has 0 radical (unpaired) electrons. The van der Waals surface area contributed by atoms with E-state index in [9.17, 15) is 4.79 Å². The molecule has 1 aromatic carbocycles. The second-order valence-corrected chi connectivity index (χ2v) is 6.36. The number of hydrogen-bond donors (Lipinski definition) is 2. The number of benzene rings is 1. The molecule has 0 spiro atoms. The van der Waals surface area contributed by atoms with Crippen LogP contribution in [0, 0.1) is 0 Å². The van der Waals surface area contributed by atoms with Crippen LogP contribution in [0.5, 0.6) is 0 Å². The standard InChI is InChI=1S/C16H14BrClN6O/c1-2-14-20-15(23-24(14)13-6-4-3-5-12(13)18)16(25)22-21-11-7-10(17)8-19-9-11/h3-9,21H,2H2,1H3,(H,22,25). The summed E-state index contributed by atoms with van der Waals surface area (Å²) in [6.45, 7) is 1.93. The van der Waals surface area contributed by atoms with E-state index < -0.39 is 5.91 Å². The zero-order valence-electron chi connectivity index (χ0n) is 13.2. The monoisotopic (exact) mass is 420 g/mol. The molecule has 0 aliphatic rings. The van der Waals surface area contributed by atoms with Crippen LogP contribution >= 0.6 is 27.5 Å². The van der Waals surface area contributed by atoms with Crippen molar-refractivity contribution in [1.29, 1.82) is 0 Å². The number of nitrogens with zero attached hydrogens (tertiary/aromatic N) is 4. The molecule has 25 heavy (non-hydrogen) atoms. The van der Waals surface area contributed by atoms with Crippen molar-refractivity contribution in [2.24, 2.45) is 0 Å². The van der Waals surface area contributed by atoms with Crippen LogP contribution in [0.1, 0.15) is 23.4 Å². The molecule has 128 valence electrons. The fourth-order valence-corrected chi connectivity index (χ4v) is 2.73. The Hall–Kier alpha value is -2.45. The molecular formula is C16H14BrClN6O. The van der Waals surface area contributed by atoms with Gasteiger partial charge in [0, 0.05) is 17.1 Å². The summed E-state index contributed by atoms with van der Waals surface area (Å²) in [5.41, 5.74) is 6.63. The van der Waals surface area contributed by atoms with Gasteiger partial charge in [-0.15, -0.1) is 5.10 Å². The van der Waals surface area contributed by atoms with Gasteiger partial charge in [0.15, 0.2) is 0 Å². The molecule has 0 saturated heterocycles. The van der Waals surface area contributed by atoms with Gasteiger partial charge in [-0.2, -0.15) is 0 Å². The van der Waals surface area contributed by atoms with E-state index in [-0.39, 0.29) is 5.82 Å². The average Bonchev–Trinajstić information content (AvgIpc) is 3.04. The molecule has 0 saturated carbocycles. The maximum Gasteiger partial charge on any atom is 0.309 e. The Labute approximate surface area is 157 Å². The van der Waals surface area contributed by atoms with Crippen molar-refractivity contribution in [1.82, 2.24) is 25.2 Å². The normalized spacial score (nSPS) is 10.5. The van der Waals surface area contributed by atoms with Crippen molar-refractivity contribution >= 4 is 39.1 Å². The van der Waals surface area contributed by atoms with Crippen LogP contribution in [0.3, 0.4) is 0 Å². The van der Waals surface area contributed by atoms with Crippen molar-refractivity contribution in [3.63, 3.8) is 0 Å². The zero-order valence-corrected chi connectivity index (χ0v) is 15.5. The Morgan fingerprint density at radius 2 is 2.12 bits per heavy atom. The Bertz CT molecular complexity index is 913. The summed E-state index contributed by atoms with van der Waals surface area (Å²) in [4.78, 5) is 20.6. The molecule has 7 nitrogen and oxygen atoms in total. The van der Waals surface area contributed by atoms with Crippen molar-refractivity contribution in [3.8, 4) is 5.69 Å². The molecule has 0 bridgehead atoms. The number of halogens is 2. The Morgan fingerprint density at radius 3 is 2.84 bits per heavy atom. The number of amides is 1. The maximum atomic E-state index is 12.3. The van der Waals surface area contributed by atoms with Gasteiger partial charge in [0.1, 0.15) is 5.82 Å². The summed E-state index contributed by atoms with van der Waals surface area (Å²) >= 11 is 9.53. The first-order chi connectivity index (χ1) is 12.1. The van der Waals surface area contributed by atoms with E-state index in [0.717, 1.165) is 4.47 Å². The third-order valence-corrected chi connectivity index (χ3v) is 4.05. The first kappa shape index (κ1) is 17.4. The average molecular weight is 422 g/mol. The number of rotatable bonds is 5. The van der Waals surface area contributed by atoms with Crippen LogP contribution < -0.4 is 10.9 Å². The number of anilines is 1. The number of para-hydroxylation sites is 1. The van der Waals surface area contributed by atoms with Crippen LogP contribution in [-0.2, 0) is 6.42 Å². The summed E-state index contributed by atoms with van der Waals surface area (Å²) in [5.74, 6) is 0.232. The molecule has 0 atom stereocenters. The topological polar surface area (TPSA) is 84.7 Å². The van der Waals surface area contributed by atoms with Gasteiger partial charge >= 0.3 is 5.91 Å². The number of aryl methyl sites for hydroxylation is 1. The van der Waals surface area contributed by atoms with E-state index in [1.165, 1.54) is 0 Å². The molecule has 2 heterocycles. The number of carbonyl (C=O) groups is 1. The molecule has 3 aromatic rings. The number of hydrogen-bond acceptors (Lipinski definition) is 5. The van der Waals surface area contributed by atoms with Gasteiger partial charge in [0.25, 0.3) is 0 Å². The second-order valence-electron chi connectivity index (χ2n) is 5.04. The Morgan fingerprint density at radius 1 is 1.32 bits per heavy atom. The molecule has 1 amide bonds. The lowest BCUT2D eigenvalue weighted by molar-refractivity contribution is 0.0952. The van der Waals surface area contributed by atoms with Gasteiger partial charge in [-0.25, -0.2) is 9.67 Å². The summed E-state index contributed by atoms with van der Waals surface area (Å²) in [6, 6.07) is 9.05. The van der Waals surface area contributed by atoms with Gasteiger partial charge in [-0.3, -0.25) is 20.6 Å². The van der Waals surface area contributed by atoms with E-state index in [4.69, 9.17) is 11.6 Å². The third-order valence-electron chi connectivity index (χ3n) is 3.30. The Balaban J connectivity index is 1.81. The largest absolute Gasteiger partial charge is 0.309 e. The van der Waals surface area contributed by atoms with E-state index in [0.29, 0.717) is 28.6 Å². The van der Waals surface area contributed by atoms with Crippen molar-refractivity contribution in [3.05, 3.63) is 63.9 Å². The lowest BCUT2D eigenvalue weighted by atomic mass is 10.3. The smallest absolute Gasteiger partial charge is 0.297 e. The van der Waals surface area contributed by atoms with E-state index >= 15 is 0 Å². The lowest BCUT2D eigenvalue weighted by Gasteiger charge is -2.06. The van der Waals surface area contributed by atoms with Crippen LogP contribution in [0.4, 0.5) is 5.69 Å². The fraction of sp³-hybridized carbons (Fsp3) is 0.125. The van der Waals surface area contributed by atoms with Gasteiger partial charge in [0.2, 0.25) is 5.82 Å². The van der Waals surface area contributed by atoms with Crippen molar-refractivity contribution in [2.75, 3.05) is 5.43 Å². The SMILES string of the molecule is CCc1nc(C(=O)NNc2cncc(Br)c2)nn1-c1ccccc1Cl. The minimum atomic E-state index is -0.458. The highest BCUT2D eigenvalue weighted by molar-refractivity contribution is 9.10. The second kappa shape index (κ2) is 7.62. The summed E-state index contributed by atoms with van der Waals surface area (Å²) in [7, 11) is 0. The van der Waals surface area contributed by atoms with Gasteiger partial charge in [-0.05, 0) is 34.1 Å². The minimum Gasteiger partial charge on any atom is -0.297 e. The number of pyridine rings is 1. The number of hydrazine groups is 1. The quantitative estimate of drug-likeness (QED) is 0.617. The highest BCUT2D eigenvalue weighted by Crippen LogP contribution is 2.20.